The Labute approximate surface area is 244 Å². The number of pyridine rings is 1. The SMILES string of the molecule is O=S(=O)(c1cccc(OCCCN[C@H]2COC3(CCN(S(=O)(=O)c4cnc5cc(F)ccc5c4O)CC3)C2)c1)C1CC1. The number of hydrogen-bond donors (Lipinski definition) is 2. The molecule has 2 N–H and O–H groups in total. The zero-order valence-electron chi connectivity index (χ0n) is 23.0. The fraction of sp³-hybridized carbons (Fsp3) is 0.483. The number of nitrogens with one attached hydrogen (secondary N) is 1. The van der Waals surface area contributed by atoms with E-state index in [1.807, 2.05) is 0 Å². The van der Waals surface area contributed by atoms with Gasteiger partial charge in [0.25, 0.3) is 0 Å². The van der Waals surface area contributed by atoms with Crippen molar-refractivity contribution in [2.45, 2.75) is 65.2 Å². The van der Waals surface area contributed by atoms with Crippen molar-refractivity contribution in [3.8, 4) is 11.5 Å². The van der Waals surface area contributed by atoms with Crippen LogP contribution in [0.3, 0.4) is 0 Å². The Morgan fingerprint density at radius 1 is 1.12 bits per heavy atom. The second-order valence-corrected chi connectivity index (χ2v) is 15.4. The van der Waals surface area contributed by atoms with Gasteiger partial charge in [0.2, 0.25) is 10.0 Å². The Bertz CT molecular complexity index is 1690. The number of fused-ring (bicyclic) bond motifs is 1. The number of piperidine rings is 1. The molecule has 1 spiro atoms. The van der Waals surface area contributed by atoms with Crippen molar-refractivity contribution in [2.24, 2.45) is 0 Å². The molecule has 2 saturated heterocycles. The monoisotopic (exact) mass is 619 g/mol. The molecule has 0 amide bonds. The van der Waals surface area contributed by atoms with Gasteiger partial charge in [-0.1, -0.05) is 6.07 Å². The first kappa shape index (κ1) is 29.2. The molecule has 6 rings (SSSR count). The van der Waals surface area contributed by atoms with E-state index in [0.717, 1.165) is 44.0 Å². The first-order chi connectivity index (χ1) is 20.1. The van der Waals surface area contributed by atoms with Gasteiger partial charge in [0.05, 0.1) is 40.7 Å². The van der Waals surface area contributed by atoms with E-state index in [4.69, 9.17) is 9.47 Å². The number of hydrogen-bond acceptors (Lipinski definition) is 9. The van der Waals surface area contributed by atoms with Crippen LogP contribution in [0.1, 0.15) is 38.5 Å². The van der Waals surface area contributed by atoms with Gasteiger partial charge in [0, 0.05) is 30.6 Å². The minimum Gasteiger partial charge on any atom is -0.506 e. The van der Waals surface area contributed by atoms with Gasteiger partial charge in [-0.05, 0) is 75.4 Å². The fourth-order valence-electron chi connectivity index (χ4n) is 5.80. The molecule has 3 aromatic rings. The van der Waals surface area contributed by atoms with Crippen LogP contribution in [-0.2, 0) is 24.6 Å². The lowest BCUT2D eigenvalue weighted by Crippen LogP contribution is -2.46. The van der Waals surface area contributed by atoms with E-state index in [2.05, 4.69) is 10.3 Å². The van der Waals surface area contributed by atoms with Crippen LogP contribution >= 0.6 is 0 Å². The number of ether oxygens (including phenoxy) is 2. The Morgan fingerprint density at radius 2 is 1.90 bits per heavy atom. The average molecular weight is 620 g/mol. The maximum Gasteiger partial charge on any atom is 0.248 e. The molecule has 2 aliphatic heterocycles. The van der Waals surface area contributed by atoms with Gasteiger partial charge in [-0.15, -0.1) is 0 Å². The topological polar surface area (TPSA) is 135 Å². The summed E-state index contributed by atoms with van der Waals surface area (Å²) in [6.07, 6.45) is 5.07. The van der Waals surface area contributed by atoms with E-state index in [1.54, 1.807) is 24.3 Å². The van der Waals surface area contributed by atoms with Gasteiger partial charge in [-0.25, -0.2) is 21.2 Å². The normalized spacial score (nSPS) is 21.2. The van der Waals surface area contributed by atoms with Gasteiger partial charge in [0.15, 0.2) is 9.84 Å². The van der Waals surface area contributed by atoms with Gasteiger partial charge >= 0.3 is 0 Å². The second-order valence-electron chi connectivity index (χ2n) is 11.3. The summed E-state index contributed by atoms with van der Waals surface area (Å²) in [6.45, 7) is 2.17. The summed E-state index contributed by atoms with van der Waals surface area (Å²) in [5, 5.41) is 14.1. The molecular formula is C29H34FN3O7S2. The van der Waals surface area contributed by atoms with Crippen LogP contribution in [0, 0.1) is 5.82 Å². The predicted octanol–water partition coefficient (Wildman–Crippen LogP) is 3.39. The third kappa shape index (κ3) is 5.85. The first-order valence-corrected chi connectivity index (χ1v) is 17.2. The molecule has 42 heavy (non-hydrogen) atoms. The van der Waals surface area contributed by atoms with E-state index < -0.39 is 37.0 Å². The number of rotatable bonds is 10. The minimum absolute atomic E-state index is 0.134. The molecule has 1 saturated carbocycles. The second kappa shape index (κ2) is 11.3. The Hall–Kier alpha value is -2.84. The van der Waals surface area contributed by atoms with Crippen molar-refractivity contribution >= 4 is 30.8 Å². The third-order valence-electron chi connectivity index (χ3n) is 8.35. The summed E-state index contributed by atoms with van der Waals surface area (Å²) in [7, 11) is -7.25. The lowest BCUT2D eigenvalue weighted by atomic mass is 9.88. The highest BCUT2D eigenvalue weighted by Crippen LogP contribution is 2.39. The van der Waals surface area contributed by atoms with Gasteiger partial charge in [-0.2, -0.15) is 4.31 Å². The number of halogens is 1. The maximum atomic E-state index is 13.5. The molecule has 0 bridgehead atoms. The molecule has 3 fully saturated rings. The number of sulfonamides is 1. The third-order valence-corrected chi connectivity index (χ3v) is 12.5. The quantitative estimate of drug-likeness (QED) is 0.328. The van der Waals surface area contributed by atoms with Gasteiger partial charge in [-0.3, -0.25) is 4.98 Å². The van der Waals surface area contributed by atoms with Gasteiger partial charge < -0.3 is 19.9 Å². The number of sulfone groups is 1. The van der Waals surface area contributed by atoms with E-state index in [-0.39, 0.29) is 40.2 Å². The summed E-state index contributed by atoms with van der Waals surface area (Å²) in [5.41, 5.74) is -0.225. The predicted molar refractivity (Wildman–Crippen MR) is 153 cm³/mol. The van der Waals surface area contributed by atoms with Crippen LogP contribution in [0.2, 0.25) is 0 Å². The van der Waals surface area contributed by atoms with Crippen molar-refractivity contribution < 1.29 is 35.8 Å². The highest BCUT2D eigenvalue weighted by Gasteiger charge is 2.45. The largest absolute Gasteiger partial charge is 0.506 e. The van der Waals surface area contributed by atoms with Crippen molar-refractivity contribution in [2.75, 3.05) is 32.8 Å². The Balaban J connectivity index is 0.969. The van der Waals surface area contributed by atoms with Crippen molar-refractivity contribution in [1.82, 2.24) is 14.6 Å². The highest BCUT2D eigenvalue weighted by atomic mass is 32.2. The fourth-order valence-corrected chi connectivity index (χ4v) is 8.97. The lowest BCUT2D eigenvalue weighted by Gasteiger charge is -2.38. The van der Waals surface area contributed by atoms with Crippen LogP contribution in [0.4, 0.5) is 4.39 Å². The molecule has 1 aromatic heterocycles. The maximum absolute atomic E-state index is 13.5. The van der Waals surface area contributed by atoms with E-state index >= 15 is 0 Å². The molecule has 1 aliphatic carbocycles. The molecule has 10 nitrogen and oxygen atoms in total. The summed E-state index contributed by atoms with van der Waals surface area (Å²) in [5.74, 6) is -0.404. The Kier molecular flexibility index (Phi) is 7.90. The molecule has 2 aromatic carbocycles. The first-order valence-electron chi connectivity index (χ1n) is 14.2. The molecule has 13 heteroatoms. The summed E-state index contributed by atoms with van der Waals surface area (Å²) < 4.78 is 78.5. The van der Waals surface area contributed by atoms with Gasteiger partial charge in [0.1, 0.15) is 22.2 Å². The highest BCUT2D eigenvalue weighted by molar-refractivity contribution is 7.92. The van der Waals surface area contributed by atoms with Crippen molar-refractivity contribution in [1.29, 1.82) is 0 Å². The zero-order valence-corrected chi connectivity index (χ0v) is 24.7. The molecule has 1 atom stereocenters. The lowest BCUT2D eigenvalue weighted by molar-refractivity contribution is -0.0311. The zero-order chi connectivity index (χ0) is 29.5. The molecule has 3 aliphatic rings. The average Bonchev–Trinajstić information content (AvgIpc) is 3.77. The van der Waals surface area contributed by atoms with Crippen LogP contribution in [0.25, 0.3) is 10.9 Å². The van der Waals surface area contributed by atoms with Crippen LogP contribution in [-0.4, -0.2) is 81.0 Å². The molecule has 0 radical (unpaired) electrons. The van der Waals surface area contributed by atoms with E-state index in [0.29, 0.717) is 43.2 Å². The summed E-state index contributed by atoms with van der Waals surface area (Å²) in [4.78, 5) is 4.08. The smallest absolute Gasteiger partial charge is 0.248 e. The van der Waals surface area contributed by atoms with Crippen LogP contribution in [0.5, 0.6) is 11.5 Å². The number of aromatic hydroxyl groups is 1. The van der Waals surface area contributed by atoms with Crippen molar-refractivity contribution in [3.05, 3.63) is 54.5 Å². The number of nitrogens with zero attached hydrogens (tertiary/aromatic N) is 2. The van der Waals surface area contributed by atoms with E-state index in [9.17, 15) is 26.3 Å². The Morgan fingerprint density at radius 3 is 2.67 bits per heavy atom. The molecular weight excluding hydrogens is 585 g/mol. The van der Waals surface area contributed by atoms with Crippen LogP contribution < -0.4 is 10.1 Å². The minimum atomic E-state index is -4.00. The summed E-state index contributed by atoms with van der Waals surface area (Å²) >= 11 is 0. The van der Waals surface area contributed by atoms with Crippen LogP contribution in [0.15, 0.2) is 58.5 Å². The summed E-state index contributed by atoms with van der Waals surface area (Å²) in [6, 6.07) is 10.4. The number of aromatic nitrogens is 1. The number of benzene rings is 2. The molecule has 3 heterocycles. The molecule has 0 unspecified atom stereocenters. The van der Waals surface area contributed by atoms with E-state index in [1.165, 1.54) is 10.4 Å². The molecule has 226 valence electrons. The standard InChI is InChI=1S/C29H34FN3O7S2/c30-20-5-8-25-26(15-20)32-18-27(28(25)34)42(37,38)33-12-9-29(10-13-33)17-21(19-40-29)31-11-2-14-39-22-3-1-4-24(16-22)41(35,36)23-6-7-23/h1,3-5,8,15-16,18,21,23,31H,2,6-7,9-14,17,19H2,(H,32,34)/t21-/m1/s1. The van der Waals surface area contributed by atoms with Crippen molar-refractivity contribution in [3.63, 3.8) is 0 Å².